The molecule has 2 fully saturated rings. The summed E-state index contributed by atoms with van der Waals surface area (Å²) in [4.78, 5) is 14.2. The van der Waals surface area contributed by atoms with Crippen molar-refractivity contribution >= 4 is 16.2 Å². The first-order chi connectivity index (χ1) is 13.0. The van der Waals surface area contributed by atoms with E-state index in [-0.39, 0.29) is 24.5 Å². The third-order valence-corrected chi connectivity index (χ3v) is 6.82. The van der Waals surface area contributed by atoms with Crippen LogP contribution in [0.5, 0.6) is 0 Å². The largest absolute Gasteiger partial charge is 0.466 e. The lowest BCUT2D eigenvalue weighted by Gasteiger charge is -2.31. The van der Waals surface area contributed by atoms with E-state index in [0.717, 1.165) is 19.5 Å². The number of likely N-dealkylation sites (tertiary alicyclic amines) is 1. The molecular weight excluding hydrogens is 366 g/mol. The molecule has 0 unspecified atom stereocenters. The van der Waals surface area contributed by atoms with Gasteiger partial charge < -0.3 is 4.74 Å². The van der Waals surface area contributed by atoms with E-state index in [4.69, 9.17) is 4.74 Å². The molecule has 0 amide bonds. The minimum atomic E-state index is -3.60. The fraction of sp³-hybridized carbons (Fsp3) is 0.632. The first-order valence-corrected chi connectivity index (χ1v) is 11.1. The molecule has 1 aromatic rings. The number of nitrogens with one attached hydrogen (secondary N) is 1. The second kappa shape index (κ2) is 9.14. The van der Waals surface area contributed by atoms with Crippen LogP contribution in [0.25, 0.3) is 0 Å². The summed E-state index contributed by atoms with van der Waals surface area (Å²) in [6.45, 7) is 5.13. The summed E-state index contributed by atoms with van der Waals surface area (Å²) in [6, 6.07) is 10.1. The zero-order chi connectivity index (χ0) is 19.3. The van der Waals surface area contributed by atoms with Crippen LogP contribution in [-0.4, -0.2) is 62.4 Å². The van der Waals surface area contributed by atoms with Gasteiger partial charge in [0.05, 0.1) is 12.5 Å². The molecule has 0 spiro atoms. The van der Waals surface area contributed by atoms with Gasteiger partial charge in [0.1, 0.15) is 0 Å². The van der Waals surface area contributed by atoms with Gasteiger partial charge in [0.25, 0.3) is 10.2 Å². The molecule has 2 aliphatic heterocycles. The van der Waals surface area contributed by atoms with Crippen LogP contribution >= 0.6 is 0 Å². The summed E-state index contributed by atoms with van der Waals surface area (Å²) in [7, 11) is -3.60. The topological polar surface area (TPSA) is 78.9 Å². The van der Waals surface area contributed by atoms with Crippen molar-refractivity contribution in [3.05, 3.63) is 35.9 Å². The van der Waals surface area contributed by atoms with Crippen LogP contribution in [0.1, 0.15) is 31.7 Å². The number of hydrogen-bond acceptors (Lipinski definition) is 5. The molecule has 7 nitrogen and oxygen atoms in total. The molecule has 0 saturated carbocycles. The maximum absolute atomic E-state index is 12.8. The van der Waals surface area contributed by atoms with Crippen LogP contribution in [0.3, 0.4) is 0 Å². The molecule has 2 aliphatic rings. The summed E-state index contributed by atoms with van der Waals surface area (Å²) in [6.07, 6.45) is 2.15. The molecule has 2 atom stereocenters. The summed E-state index contributed by atoms with van der Waals surface area (Å²) < 4.78 is 34.8. The van der Waals surface area contributed by atoms with Crippen LogP contribution in [0, 0.1) is 5.92 Å². The Balaban J connectivity index is 1.53. The van der Waals surface area contributed by atoms with Crippen molar-refractivity contribution in [3.63, 3.8) is 0 Å². The van der Waals surface area contributed by atoms with Gasteiger partial charge in [-0.1, -0.05) is 30.3 Å². The predicted molar refractivity (Wildman–Crippen MR) is 103 cm³/mol. The van der Waals surface area contributed by atoms with E-state index < -0.39 is 10.2 Å². The maximum Gasteiger partial charge on any atom is 0.310 e. The lowest BCUT2D eigenvalue weighted by molar-refractivity contribution is -0.149. The highest BCUT2D eigenvalue weighted by Crippen LogP contribution is 2.21. The number of benzene rings is 1. The fourth-order valence-electron chi connectivity index (χ4n) is 3.81. The molecule has 1 aromatic carbocycles. The molecule has 27 heavy (non-hydrogen) atoms. The monoisotopic (exact) mass is 395 g/mol. The molecule has 0 radical (unpaired) electrons. The molecule has 3 rings (SSSR count). The van der Waals surface area contributed by atoms with Crippen LogP contribution < -0.4 is 4.72 Å². The van der Waals surface area contributed by atoms with Gasteiger partial charge in [-0.05, 0) is 31.7 Å². The minimum Gasteiger partial charge on any atom is -0.466 e. The van der Waals surface area contributed by atoms with E-state index in [9.17, 15) is 13.2 Å². The highest BCUT2D eigenvalue weighted by molar-refractivity contribution is 7.87. The lowest BCUT2D eigenvalue weighted by Crippen LogP contribution is -2.50. The SMILES string of the molecule is CCOC(=O)[C@@H]1CCCN(S(=O)(=O)N[C@H]2CCN(Cc3ccccc3)C2)C1. The highest BCUT2D eigenvalue weighted by Gasteiger charge is 2.35. The van der Waals surface area contributed by atoms with E-state index >= 15 is 0 Å². The summed E-state index contributed by atoms with van der Waals surface area (Å²) in [5.74, 6) is -0.666. The molecule has 0 aromatic heterocycles. The highest BCUT2D eigenvalue weighted by atomic mass is 32.2. The molecule has 2 saturated heterocycles. The Bertz CT molecular complexity index is 726. The second-order valence-corrected chi connectivity index (χ2v) is 8.98. The third-order valence-electron chi connectivity index (χ3n) is 5.18. The van der Waals surface area contributed by atoms with Gasteiger partial charge in [-0.15, -0.1) is 0 Å². The first kappa shape index (κ1) is 20.3. The van der Waals surface area contributed by atoms with Crippen LogP contribution in [0.15, 0.2) is 30.3 Å². The van der Waals surface area contributed by atoms with Gasteiger partial charge in [-0.2, -0.15) is 17.4 Å². The minimum absolute atomic E-state index is 0.0957. The van der Waals surface area contributed by atoms with Gasteiger partial charge in [-0.25, -0.2) is 0 Å². The molecule has 8 heteroatoms. The summed E-state index contributed by atoms with van der Waals surface area (Å²) >= 11 is 0. The van der Waals surface area contributed by atoms with Crippen molar-refractivity contribution in [2.75, 3.05) is 32.8 Å². The Morgan fingerprint density at radius 3 is 2.70 bits per heavy atom. The van der Waals surface area contributed by atoms with E-state index in [1.807, 2.05) is 18.2 Å². The van der Waals surface area contributed by atoms with Crippen molar-refractivity contribution in [2.24, 2.45) is 5.92 Å². The zero-order valence-corrected chi connectivity index (χ0v) is 16.7. The lowest BCUT2D eigenvalue weighted by atomic mass is 10.0. The average molecular weight is 396 g/mol. The molecular formula is C19H29N3O4S. The van der Waals surface area contributed by atoms with Gasteiger partial charge in [-0.3, -0.25) is 9.69 Å². The molecule has 1 N–H and O–H groups in total. The van der Waals surface area contributed by atoms with Crippen molar-refractivity contribution in [1.29, 1.82) is 0 Å². The van der Waals surface area contributed by atoms with Gasteiger partial charge in [0.2, 0.25) is 0 Å². The predicted octanol–water partition coefficient (Wildman–Crippen LogP) is 1.37. The van der Waals surface area contributed by atoms with Crippen molar-refractivity contribution < 1.29 is 17.9 Å². The van der Waals surface area contributed by atoms with Gasteiger partial charge in [0.15, 0.2) is 0 Å². The Labute approximate surface area is 161 Å². The molecule has 0 bridgehead atoms. The Morgan fingerprint density at radius 1 is 1.19 bits per heavy atom. The Kier molecular flexibility index (Phi) is 6.86. The normalized spacial score (nSPS) is 24.8. The first-order valence-electron chi connectivity index (χ1n) is 9.68. The second-order valence-electron chi connectivity index (χ2n) is 7.28. The number of carbonyl (C=O) groups excluding carboxylic acids is 1. The van der Waals surface area contributed by atoms with Crippen molar-refractivity contribution in [3.8, 4) is 0 Å². The van der Waals surface area contributed by atoms with Crippen LogP contribution in [0.4, 0.5) is 0 Å². The van der Waals surface area contributed by atoms with Crippen molar-refractivity contribution in [1.82, 2.24) is 13.9 Å². The molecule has 0 aliphatic carbocycles. The number of ether oxygens (including phenoxy) is 1. The number of nitrogens with zero attached hydrogens (tertiary/aromatic N) is 2. The average Bonchev–Trinajstić information content (AvgIpc) is 3.09. The number of piperidine rings is 1. The number of rotatable bonds is 7. The van der Waals surface area contributed by atoms with Gasteiger partial charge in [0, 0.05) is 38.8 Å². The van der Waals surface area contributed by atoms with E-state index in [1.54, 1.807) is 6.92 Å². The van der Waals surface area contributed by atoms with Gasteiger partial charge >= 0.3 is 5.97 Å². The smallest absolute Gasteiger partial charge is 0.310 e. The number of esters is 1. The van der Waals surface area contributed by atoms with E-state index in [0.29, 0.717) is 32.5 Å². The van der Waals surface area contributed by atoms with Crippen molar-refractivity contribution in [2.45, 2.75) is 38.8 Å². The number of hydrogen-bond donors (Lipinski definition) is 1. The van der Waals surface area contributed by atoms with E-state index in [2.05, 4.69) is 21.8 Å². The van der Waals surface area contributed by atoms with Crippen LogP contribution in [-0.2, 0) is 26.3 Å². The maximum atomic E-state index is 12.8. The summed E-state index contributed by atoms with van der Waals surface area (Å²) in [5.41, 5.74) is 1.23. The third kappa shape index (κ3) is 5.51. The van der Waals surface area contributed by atoms with E-state index in [1.165, 1.54) is 9.87 Å². The Hall–Kier alpha value is -1.48. The molecule has 150 valence electrons. The Morgan fingerprint density at radius 2 is 1.96 bits per heavy atom. The zero-order valence-electron chi connectivity index (χ0n) is 15.8. The summed E-state index contributed by atoms with van der Waals surface area (Å²) in [5, 5.41) is 0. The molecule has 2 heterocycles. The van der Waals surface area contributed by atoms with Crippen LogP contribution in [0.2, 0.25) is 0 Å². The number of carbonyl (C=O) groups is 1. The quantitative estimate of drug-likeness (QED) is 0.706. The fourth-order valence-corrected chi connectivity index (χ4v) is 5.32. The standard InChI is InChI=1S/C19H29N3O4S/c1-2-26-19(23)17-9-6-11-22(14-17)27(24,25)20-18-10-12-21(15-18)13-16-7-4-3-5-8-16/h3-5,7-8,17-18,20H,2,6,9-15H2,1H3/t17-,18+/m1/s1.